The van der Waals surface area contributed by atoms with Crippen LogP contribution in [0.1, 0.15) is 77.9 Å². The van der Waals surface area contributed by atoms with Crippen molar-refractivity contribution in [2.45, 2.75) is 53.5 Å². The number of hydrogen-bond donors (Lipinski definition) is 2. The van der Waals surface area contributed by atoms with Crippen LogP contribution in [0.4, 0.5) is 4.39 Å². The fourth-order valence-electron chi connectivity index (χ4n) is 4.30. The molecular weight excluding hydrogens is 467 g/mol. The summed E-state index contributed by atoms with van der Waals surface area (Å²) in [6.07, 6.45) is 2.28. The summed E-state index contributed by atoms with van der Waals surface area (Å²) in [6.45, 7) is 8.11. The minimum atomic E-state index is -1.18. The quantitative estimate of drug-likeness (QED) is 0.369. The molecule has 0 saturated carbocycles. The van der Waals surface area contributed by atoms with Crippen LogP contribution in [-0.2, 0) is 13.0 Å². The number of unbranched alkanes of at least 4 members (excludes halogenated alkanes) is 1. The Kier molecular flexibility index (Phi) is 8.90. The second-order valence-corrected chi connectivity index (χ2v) is 8.40. The Morgan fingerprint density at radius 2 is 1.69 bits per heavy atom. The smallest absolute Gasteiger partial charge is 0.339 e. The zero-order valence-corrected chi connectivity index (χ0v) is 21.2. The number of fused-ring (bicyclic) bond motifs is 1. The molecule has 0 saturated heterocycles. The maximum atomic E-state index is 15.3. The summed E-state index contributed by atoms with van der Waals surface area (Å²) in [6, 6.07) is 4.64. The first kappa shape index (κ1) is 27.0. The molecule has 1 aliphatic rings. The van der Waals surface area contributed by atoms with Gasteiger partial charge in [0.15, 0.2) is 23.1 Å². The molecule has 0 aromatic heterocycles. The number of nitrogens with zero attached hydrogens (tertiary/aromatic N) is 1. The van der Waals surface area contributed by atoms with Gasteiger partial charge in [-0.3, -0.25) is 10.2 Å². The average molecular weight is 501 g/mol. The van der Waals surface area contributed by atoms with Crippen molar-refractivity contribution in [3.63, 3.8) is 0 Å². The number of amidine groups is 1. The van der Waals surface area contributed by atoms with Crippen molar-refractivity contribution in [2.24, 2.45) is 0 Å². The first-order valence-corrected chi connectivity index (χ1v) is 12.3. The van der Waals surface area contributed by atoms with E-state index in [4.69, 9.17) is 19.6 Å². The number of carbonyl (C=O) groups is 2. The molecule has 0 atom stereocenters. The molecule has 2 aromatic rings. The minimum absolute atomic E-state index is 0.0470. The van der Waals surface area contributed by atoms with Gasteiger partial charge in [-0.1, -0.05) is 13.3 Å². The molecule has 0 unspecified atom stereocenters. The molecule has 3 rings (SSSR count). The van der Waals surface area contributed by atoms with Crippen molar-refractivity contribution in [3.05, 3.63) is 51.8 Å². The number of aromatic carboxylic acids is 1. The Morgan fingerprint density at radius 1 is 1.03 bits per heavy atom. The Balaban J connectivity index is 1.93. The predicted octanol–water partition coefficient (Wildman–Crippen LogP) is 5.09. The number of carboxylic acid groups (broad SMARTS) is 1. The number of carbonyl (C=O) groups excluding carboxylic acids is 1. The van der Waals surface area contributed by atoms with Crippen LogP contribution < -0.4 is 14.2 Å². The number of Topliss-reactive ketones (excluding diaryl/α,β-unsaturated/α-hetero) is 1. The number of aryl methyl sites for hydroxylation is 1. The highest BCUT2D eigenvalue weighted by Crippen LogP contribution is 2.39. The lowest BCUT2D eigenvalue weighted by molar-refractivity contribution is 0.0692. The summed E-state index contributed by atoms with van der Waals surface area (Å²) in [5.74, 6) is -1.87. The molecule has 1 heterocycles. The van der Waals surface area contributed by atoms with E-state index in [1.807, 2.05) is 6.92 Å². The van der Waals surface area contributed by atoms with Crippen molar-refractivity contribution in [1.82, 2.24) is 4.90 Å². The second-order valence-electron chi connectivity index (χ2n) is 8.40. The highest BCUT2D eigenvalue weighted by molar-refractivity contribution is 6.06. The zero-order valence-electron chi connectivity index (χ0n) is 21.2. The van der Waals surface area contributed by atoms with Gasteiger partial charge in [-0.05, 0) is 62.9 Å². The Bertz CT molecular complexity index is 1160. The van der Waals surface area contributed by atoms with Crippen molar-refractivity contribution >= 4 is 17.6 Å². The van der Waals surface area contributed by atoms with Crippen LogP contribution in [0.2, 0.25) is 0 Å². The summed E-state index contributed by atoms with van der Waals surface area (Å²) in [4.78, 5) is 26.7. The van der Waals surface area contributed by atoms with Crippen LogP contribution in [0.3, 0.4) is 0 Å². The first-order chi connectivity index (χ1) is 17.3. The molecule has 2 aromatic carbocycles. The van der Waals surface area contributed by atoms with Crippen LogP contribution in [0.5, 0.6) is 17.2 Å². The third-order valence-electron chi connectivity index (χ3n) is 5.91. The Hall–Kier alpha value is -3.62. The maximum absolute atomic E-state index is 15.3. The number of carboxylic acids is 1. The molecule has 0 amide bonds. The van der Waals surface area contributed by atoms with E-state index in [0.29, 0.717) is 30.8 Å². The van der Waals surface area contributed by atoms with E-state index in [0.717, 1.165) is 12.8 Å². The summed E-state index contributed by atoms with van der Waals surface area (Å²) in [5, 5.41) is 18.3. The molecule has 2 N–H and O–H groups in total. The normalized spacial score (nSPS) is 12.5. The van der Waals surface area contributed by atoms with Gasteiger partial charge in [0.25, 0.3) is 0 Å². The fourth-order valence-corrected chi connectivity index (χ4v) is 4.30. The van der Waals surface area contributed by atoms with Gasteiger partial charge in [0.05, 0.1) is 31.9 Å². The van der Waals surface area contributed by atoms with Crippen LogP contribution in [0.25, 0.3) is 0 Å². The van der Waals surface area contributed by atoms with Crippen LogP contribution in [0, 0.1) is 11.2 Å². The largest absolute Gasteiger partial charge is 0.493 e. The van der Waals surface area contributed by atoms with Gasteiger partial charge in [-0.25, -0.2) is 9.18 Å². The van der Waals surface area contributed by atoms with E-state index in [1.165, 1.54) is 11.0 Å². The third kappa shape index (κ3) is 5.45. The van der Waals surface area contributed by atoms with E-state index < -0.39 is 11.8 Å². The van der Waals surface area contributed by atoms with E-state index >= 15 is 4.39 Å². The molecule has 0 spiro atoms. The highest BCUT2D eigenvalue weighted by atomic mass is 19.1. The standard InChI is InChI=1S/C27H33FN2O6/c1-5-9-10-16-11-17(12-19(27(32)33)24(16)35-7-3)20(31)15-30-14-18-13-21(34-6-2)25(36-8-4)23(28)22(18)26(30)29/h11-13,29H,5-10,14-15H2,1-4H3,(H,32,33). The van der Waals surface area contributed by atoms with Crippen LogP contribution in [-0.4, -0.2) is 54.0 Å². The first-order valence-electron chi connectivity index (χ1n) is 12.3. The molecule has 9 heteroatoms. The van der Waals surface area contributed by atoms with E-state index in [-0.39, 0.29) is 65.3 Å². The van der Waals surface area contributed by atoms with Gasteiger partial charge in [0.2, 0.25) is 0 Å². The highest BCUT2D eigenvalue weighted by Gasteiger charge is 2.33. The number of nitrogens with one attached hydrogen (secondary N) is 1. The van der Waals surface area contributed by atoms with Crippen LogP contribution in [0.15, 0.2) is 18.2 Å². The van der Waals surface area contributed by atoms with Gasteiger partial charge in [-0.15, -0.1) is 0 Å². The molecular formula is C27H33FN2O6. The summed E-state index contributed by atoms with van der Waals surface area (Å²) >= 11 is 0. The second kappa shape index (κ2) is 11.9. The Morgan fingerprint density at radius 3 is 2.31 bits per heavy atom. The van der Waals surface area contributed by atoms with Gasteiger partial charge >= 0.3 is 5.97 Å². The zero-order chi connectivity index (χ0) is 26.4. The van der Waals surface area contributed by atoms with Crippen molar-refractivity contribution in [2.75, 3.05) is 26.4 Å². The van der Waals surface area contributed by atoms with E-state index in [9.17, 15) is 14.7 Å². The van der Waals surface area contributed by atoms with Crippen molar-refractivity contribution in [3.8, 4) is 17.2 Å². The third-order valence-corrected chi connectivity index (χ3v) is 5.91. The number of benzene rings is 2. The topological polar surface area (TPSA) is 109 Å². The van der Waals surface area contributed by atoms with Gasteiger partial charge in [-0.2, -0.15) is 0 Å². The van der Waals surface area contributed by atoms with Gasteiger partial charge in [0.1, 0.15) is 17.1 Å². The number of hydrogen-bond acceptors (Lipinski definition) is 6. The van der Waals surface area contributed by atoms with Crippen molar-refractivity contribution < 1.29 is 33.3 Å². The molecule has 0 bridgehead atoms. The lowest BCUT2D eigenvalue weighted by Gasteiger charge is -2.19. The van der Waals surface area contributed by atoms with E-state index in [2.05, 4.69) is 0 Å². The van der Waals surface area contributed by atoms with Gasteiger partial charge < -0.3 is 24.2 Å². The summed E-state index contributed by atoms with van der Waals surface area (Å²) in [7, 11) is 0. The number of rotatable bonds is 13. The molecule has 1 aliphatic heterocycles. The molecule has 0 fully saturated rings. The molecule has 8 nitrogen and oxygen atoms in total. The molecule has 0 radical (unpaired) electrons. The monoisotopic (exact) mass is 500 g/mol. The Labute approximate surface area is 210 Å². The predicted molar refractivity (Wildman–Crippen MR) is 133 cm³/mol. The lowest BCUT2D eigenvalue weighted by atomic mass is 9.97. The fraction of sp³-hybridized carbons (Fsp3) is 0.444. The van der Waals surface area contributed by atoms with E-state index in [1.54, 1.807) is 32.9 Å². The number of halogens is 1. The maximum Gasteiger partial charge on any atom is 0.339 e. The van der Waals surface area contributed by atoms with Crippen LogP contribution >= 0.6 is 0 Å². The average Bonchev–Trinajstić information content (AvgIpc) is 3.15. The summed E-state index contributed by atoms with van der Waals surface area (Å²) < 4.78 is 31.9. The summed E-state index contributed by atoms with van der Waals surface area (Å²) in [5.41, 5.74) is 1.42. The van der Waals surface area contributed by atoms with Crippen molar-refractivity contribution in [1.29, 1.82) is 5.41 Å². The minimum Gasteiger partial charge on any atom is -0.493 e. The molecule has 0 aliphatic carbocycles. The van der Waals surface area contributed by atoms with Gasteiger partial charge in [0, 0.05) is 12.1 Å². The number of ether oxygens (including phenoxy) is 3. The lowest BCUT2D eigenvalue weighted by Crippen LogP contribution is -2.30. The molecule has 36 heavy (non-hydrogen) atoms. The number of ketones is 1. The SMILES string of the molecule is CCCCc1cc(C(=O)CN2Cc3cc(OCC)c(OCC)c(F)c3C2=N)cc(C(=O)O)c1OCC. The molecule has 194 valence electrons.